The van der Waals surface area contributed by atoms with E-state index in [1.165, 1.54) is 0 Å². The standard InChI is InChI=1S/C13H21NO2/c1-3-14-10-4-5-13(15)11-6-8-12(16-2)9-7-11/h6-9,13-15H,3-5,10H2,1-2H3. The molecule has 2 N–H and O–H groups in total. The fraction of sp³-hybridized carbons (Fsp3) is 0.538. The molecule has 16 heavy (non-hydrogen) atoms. The Labute approximate surface area is 97.4 Å². The van der Waals surface area contributed by atoms with Crippen molar-refractivity contribution >= 4 is 0 Å². The molecular weight excluding hydrogens is 202 g/mol. The van der Waals surface area contributed by atoms with Crippen molar-refractivity contribution in [1.29, 1.82) is 0 Å². The summed E-state index contributed by atoms with van der Waals surface area (Å²) in [6, 6.07) is 7.58. The zero-order chi connectivity index (χ0) is 11.8. The van der Waals surface area contributed by atoms with Crippen LogP contribution in [0.4, 0.5) is 0 Å². The third-order valence-electron chi connectivity index (χ3n) is 2.58. The molecule has 0 aliphatic heterocycles. The molecule has 3 heteroatoms. The summed E-state index contributed by atoms with van der Waals surface area (Å²) in [6.07, 6.45) is 1.41. The van der Waals surface area contributed by atoms with Crippen molar-refractivity contribution in [3.8, 4) is 5.75 Å². The number of methoxy groups -OCH3 is 1. The highest BCUT2D eigenvalue weighted by molar-refractivity contribution is 5.28. The summed E-state index contributed by atoms with van der Waals surface area (Å²) in [6.45, 7) is 4.03. The predicted octanol–water partition coefficient (Wildman–Crippen LogP) is 2.12. The molecule has 0 saturated carbocycles. The van der Waals surface area contributed by atoms with E-state index in [0.717, 1.165) is 37.2 Å². The Morgan fingerprint density at radius 3 is 2.56 bits per heavy atom. The average molecular weight is 223 g/mol. The zero-order valence-corrected chi connectivity index (χ0v) is 10.1. The van der Waals surface area contributed by atoms with Crippen molar-refractivity contribution in [2.24, 2.45) is 0 Å². The minimum atomic E-state index is -0.371. The minimum Gasteiger partial charge on any atom is -0.497 e. The molecule has 0 saturated heterocycles. The van der Waals surface area contributed by atoms with Gasteiger partial charge in [0.2, 0.25) is 0 Å². The molecule has 0 fully saturated rings. The van der Waals surface area contributed by atoms with Gasteiger partial charge in [-0.1, -0.05) is 19.1 Å². The van der Waals surface area contributed by atoms with Crippen molar-refractivity contribution in [1.82, 2.24) is 5.32 Å². The Hall–Kier alpha value is -1.06. The van der Waals surface area contributed by atoms with Crippen LogP contribution in [0.5, 0.6) is 5.75 Å². The lowest BCUT2D eigenvalue weighted by molar-refractivity contribution is 0.164. The number of hydrogen-bond donors (Lipinski definition) is 2. The van der Waals surface area contributed by atoms with Gasteiger partial charge in [-0.2, -0.15) is 0 Å². The predicted molar refractivity (Wildman–Crippen MR) is 65.7 cm³/mol. The summed E-state index contributed by atoms with van der Waals surface area (Å²) in [7, 11) is 1.64. The fourth-order valence-electron chi connectivity index (χ4n) is 1.59. The second-order valence-electron chi connectivity index (χ2n) is 3.78. The molecule has 1 unspecified atom stereocenters. The van der Waals surface area contributed by atoms with Gasteiger partial charge in [0.05, 0.1) is 13.2 Å². The maximum absolute atomic E-state index is 9.91. The third-order valence-corrected chi connectivity index (χ3v) is 2.58. The molecule has 0 aliphatic rings. The lowest BCUT2D eigenvalue weighted by atomic mass is 10.0. The van der Waals surface area contributed by atoms with Crippen LogP contribution in [0.2, 0.25) is 0 Å². The molecule has 0 heterocycles. The molecule has 1 aromatic carbocycles. The summed E-state index contributed by atoms with van der Waals surface area (Å²) in [5, 5.41) is 13.2. The van der Waals surface area contributed by atoms with Crippen LogP contribution in [0, 0.1) is 0 Å². The Kier molecular flexibility index (Phi) is 5.90. The van der Waals surface area contributed by atoms with E-state index in [9.17, 15) is 5.11 Å². The van der Waals surface area contributed by atoms with Crippen LogP contribution in [0.15, 0.2) is 24.3 Å². The van der Waals surface area contributed by atoms with Gasteiger partial charge in [-0.15, -0.1) is 0 Å². The molecule has 1 aromatic rings. The molecule has 0 aromatic heterocycles. The number of aliphatic hydroxyl groups excluding tert-OH is 1. The first-order chi connectivity index (χ1) is 7.77. The SMILES string of the molecule is CCNCCCC(O)c1ccc(OC)cc1. The molecular formula is C13H21NO2. The number of aliphatic hydroxyl groups is 1. The summed E-state index contributed by atoms with van der Waals surface area (Å²) >= 11 is 0. The molecule has 0 radical (unpaired) electrons. The van der Waals surface area contributed by atoms with Crippen LogP contribution in [-0.2, 0) is 0 Å². The van der Waals surface area contributed by atoms with E-state index in [0.29, 0.717) is 0 Å². The van der Waals surface area contributed by atoms with Crippen molar-refractivity contribution in [2.75, 3.05) is 20.2 Å². The van der Waals surface area contributed by atoms with Gasteiger partial charge in [-0.25, -0.2) is 0 Å². The van der Waals surface area contributed by atoms with Gasteiger partial charge in [0, 0.05) is 0 Å². The summed E-state index contributed by atoms with van der Waals surface area (Å²) in [4.78, 5) is 0. The van der Waals surface area contributed by atoms with Crippen molar-refractivity contribution in [3.63, 3.8) is 0 Å². The van der Waals surface area contributed by atoms with Gasteiger partial charge in [0.25, 0.3) is 0 Å². The maximum atomic E-state index is 9.91. The fourth-order valence-corrected chi connectivity index (χ4v) is 1.59. The second-order valence-corrected chi connectivity index (χ2v) is 3.78. The topological polar surface area (TPSA) is 41.5 Å². The lowest BCUT2D eigenvalue weighted by Crippen LogP contribution is -2.14. The minimum absolute atomic E-state index is 0.371. The number of ether oxygens (including phenoxy) is 1. The molecule has 90 valence electrons. The van der Waals surface area contributed by atoms with Crippen LogP contribution in [0.1, 0.15) is 31.4 Å². The first-order valence-corrected chi connectivity index (χ1v) is 5.80. The number of benzene rings is 1. The van der Waals surface area contributed by atoms with E-state index >= 15 is 0 Å². The van der Waals surface area contributed by atoms with Gasteiger partial charge in [0.1, 0.15) is 5.75 Å². The molecule has 0 bridgehead atoms. The molecule has 1 atom stereocenters. The van der Waals surface area contributed by atoms with Crippen LogP contribution >= 0.6 is 0 Å². The molecule has 0 spiro atoms. The summed E-state index contributed by atoms with van der Waals surface area (Å²) < 4.78 is 5.07. The lowest BCUT2D eigenvalue weighted by Gasteiger charge is -2.11. The third kappa shape index (κ3) is 4.21. The summed E-state index contributed by atoms with van der Waals surface area (Å²) in [5.74, 6) is 0.823. The number of hydrogen-bond acceptors (Lipinski definition) is 3. The second kappa shape index (κ2) is 7.25. The monoisotopic (exact) mass is 223 g/mol. The van der Waals surface area contributed by atoms with E-state index in [-0.39, 0.29) is 6.10 Å². The Balaban J connectivity index is 2.37. The molecule has 0 amide bonds. The maximum Gasteiger partial charge on any atom is 0.118 e. The van der Waals surface area contributed by atoms with E-state index in [1.807, 2.05) is 24.3 Å². The largest absolute Gasteiger partial charge is 0.497 e. The average Bonchev–Trinajstić information content (AvgIpc) is 2.34. The highest BCUT2D eigenvalue weighted by Crippen LogP contribution is 2.20. The Morgan fingerprint density at radius 2 is 2.00 bits per heavy atom. The van der Waals surface area contributed by atoms with Crippen LogP contribution in [0.25, 0.3) is 0 Å². The van der Waals surface area contributed by atoms with Gasteiger partial charge in [-0.05, 0) is 43.6 Å². The summed E-state index contributed by atoms with van der Waals surface area (Å²) in [5.41, 5.74) is 0.956. The quantitative estimate of drug-likeness (QED) is 0.696. The van der Waals surface area contributed by atoms with Gasteiger partial charge in [-0.3, -0.25) is 0 Å². The Morgan fingerprint density at radius 1 is 1.31 bits per heavy atom. The van der Waals surface area contributed by atoms with E-state index in [2.05, 4.69) is 12.2 Å². The highest BCUT2D eigenvalue weighted by Gasteiger charge is 2.06. The first-order valence-electron chi connectivity index (χ1n) is 5.80. The van der Waals surface area contributed by atoms with E-state index in [1.54, 1.807) is 7.11 Å². The van der Waals surface area contributed by atoms with Crippen LogP contribution < -0.4 is 10.1 Å². The smallest absolute Gasteiger partial charge is 0.118 e. The highest BCUT2D eigenvalue weighted by atomic mass is 16.5. The molecule has 1 rings (SSSR count). The number of rotatable bonds is 7. The Bertz CT molecular complexity index is 284. The van der Waals surface area contributed by atoms with E-state index < -0.39 is 0 Å². The van der Waals surface area contributed by atoms with Gasteiger partial charge in [0.15, 0.2) is 0 Å². The van der Waals surface area contributed by atoms with Gasteiger partial charge < -0.3 is 15.2 Å². The first kappa shape index (κ1) is 13.0. The molecule has 3 nitrogen and oxygen atoms in total. The number of nitrogens with one attached hydrogen (secondary N) is 1. The van der Waals surface area contributed by atoms with Gasteiger partial charge >= 0.3 is 0 Å². The normalized spacial score (nSPS) is 12.4. The van der Waals surface area contributed by atoms with Crippen molar-refractivity contribution in [3.05, 3.63) is 29.8 Å². The van der Waals surface area contributed by atoms with Crippen molar-refractivity contribution in [2.45, 2.75) is 25.9 Å². The van der Waals surface area contributed by atoms with E-state index in [4.69, 9.17) is 4.74 Å². The zero-order valence-electron chi connectivity index (χ0n) is 10.1. The van der Waals surface area contributed by atoms with Crippen molar-refractivity contribution < 1.29 is 9.84 Å². The van der Waals surface area contributed by atoms with Crippen LogP contribution in [-0.4, -0.2) is 25.3 Å². The van der Waals surface area contributed by atoms with Crippen LogP contribution in [0.3, 0.4) is 0 Å². The molecule has 0 aliphatic carbocycles.